The van der Waals surface area contributed by atoms with Crippen molar-refractivity contribution in [2.24, 2.45) is 5.92 Å². The van der Waals surface area contributed by atoms with Crippen LogP contribution in [0.1, 0.15) is 23.6 Å². The molecule has 1 fully saturated rings. The molecule has 2 nitrogen and oxygen atoms in total. The Morgan fingerprint density at radius 2 is 2.17 bits per heavy atom. The summed E-state index contributed by atoms with van der Waals surface area (Å²) in [7, 11) is 0. The number of nitrogens with one attached hydrogen (secondary N) is 1. The Morgan fingerprint density at radius 3 is 2.94 bits per heavy atom. The van der Waals surface area contributed by atoms with Crippen molar-refractivity contribution in [3.8, 4) is 0 Å². The zero-order valence-corrected chi connectivity index (χ0v) is 11.2. The molecule has 2 unspecified atom stereocenters. The summed E-state index contributed by atoms with van der Waals surface area (Å²) in [6.45, 7) is 2.23. The molecule has 1 aromatic carbocycles. The number of hydrogen-bond acceptors (Lipinski definition) is 3. The highest BCUT2D eigenvalue weighted by atomic mass is 32.1. The first-order valence-corrected chi connectivity index (χ1v) is 7.50. The summed E-state index contributed by atoms with van der Waals surface area (Å²) in [6, 6.07) is 10.8. The number of thiazole rings is 1. The van der Waals surface area contributed by atoms with Crippen LogP contribution in [0.25, 0.3) is 0 Å². The number of nitrogens with zero attached hydrogens (tertiary/aromatic N) is 1. The van der Waals surface area contributed by atoms with Gasteiger partial charge in [0.25, 0.3) is 0 Å². The lowest BCUT2D eigenvalue weighted by molar-refractivity contribution is 0.320. The summed E-state index contributed by atoms with van der Waals surface area (Å²) < 4.78 is 0. The van der Waals surface area contributed by atoms with E-state index < -0.39 is 0 Å². The Morgan fingerprint density at radius 1 is 1.28 bits per heavy atom. The molecular weight excluding hydrogens is 240 g/mol. The number of benzene rings is 1. The normalized spacial score (nSPS) is 24.0. The lowest BCUT2D eigenvalue weighted by Gasteiger charge is -2.31. The second-order valence-corrected chi connectivity index (χ2v) is 5.68. The highest BCUT2D eigenvalue weighted by Crippen LogP contribution is 2.32. The monoisotopic (exact) mass is 258 g/mol. The van der Waals surface area contributed by atoms with E-state index >= 15 is 0 Å². The van der Waals surface area contributed by atoms with E-state index in [9.17, 15) is 0 Å². The molecule has 0 radical (unpaired) electrons. The predicted molar refractivity (Wildman–Crippen MR) is 76.0 cm³/mol. The summed E-state index contributed by atoms with van der Waals surface area (Å²) in [5.74, 6) is 1.29. The maximum Gasteiger partial charge on any atom is 0.0794 e. The van der Waals surface area contributed by atoms with E-state index in [0.717, 1.165) is 19.5 Å². The Labute approximate surface area is 112 Å². The number of piperidine rings is 1. The maximum absolute atomic E-state index is 4.52. The van der Waals surface area contributed by atoms with Crippen LogP contribution in [-0.2, 0) is 6.42 Å². The van der Waals surface area contributed by atoms with Crippen molar-refractivity contribution in [2.75, 3.05) is 13.1 Å². The SMILES string of the molecule is c1ccc(CC2CNCCC2c2cscn2)cc1. The van der Waals surface area contributed by atoms with Crippen molar-refractivity contribution in [3.05, 3.63) is 52.5 Å². The molecule has 2 heterocycles. The molecule has 1 aliphatic rings. The molecule has 2 atom stereocenters. The molecule has 1 aromatic heterocycles. The maximum atomic E-state index is 4.52. The molecular formula is C15H18N2S. The molecule has 94 valence electrons. The largest absolute Gasteiger partial charge is 0.316 e. The van der Waals surface area contributed by atoms with Crippen LogP contribution in [-0.4, -0.2) is 18.1 Å². The minimum absolute atomic E-state index is 0.623. The Balaban J connectivity index is 1.76. The summed E-state index contributed by atoms with van der Waals surface area (Å²) in [5.41, 5.74) is 4.69. The van der Waals surface area contributed by atoms with E-state index in [1.165, 1.54) is 17.7 Å². The van der Waals surface area contributed by atoms with E-state index in [1.807, 2.05) is 5.51 Å². The Hall–Kier alpha value is -1.19. The fourth-order valence-electron chi connectivity index (χ4n) is 2.85. The second kappa shape index (κ2) is 5.63. The molecule has 1 N–H and O–H groups in total. The van der Waals surface area contributed by atoms with Crippen molar-refractivity contribution in [1.82, 2.24) is 10.3 Å². The number of hydrogen-bond donors (Lipinski definition) is 1. The number of aromatic nitrogens is 1. The molecule has 1 saturated heterocycles. The van der Waals surface area contributed by atoms with Crippen LogP contribution in [0.3, 0.4) is 0 Å². The van der Waals surface area contributed by atoms with Crippen LogP contribution in [0.4, 0.5) is 0 Å². The third kappa shape index (κ3) is 2.62. The molecule has 0 saturated carbocycles. The summed E-state index contributed by atoms with van der Waals surface area (Å²) in [5, 5.41) is 5.74. The molecule has 0 amide bonds. The van der Waals surface area contributed by atoms with Gasteiger partial charge in [-0.15, -0.1) is 11.3 Å². The van der Waals surface area contributed by atoms with Gasteiger partial charge >= 0.3 is 0 Å². The van der Waals surface area contributed by atoms with Gasteiger partial charge in [0, 0.05) is 11.3 Å². The predicted octanol–water partition coefficient (Wildman–Crippen LogP) is 3.08. The van der Waals surface area contributed by atoms with Gasteiger partial charge < -0.3 is 5.32 Å². The quantitative estimate of drug-likeness (QED) is 0.915. The van der Waals surface area contributed by atoms with Crippen LogP contribution in [0.5, 0.6) is 0 Å². The van der Waals surface area contributed by atoms with Gasteiger partial charge in [0.2, 0.25) is 0 Å². The molecule has 1 aliphatic heterocycles. The van der Waals surface area contributed by atoms with Gasteiger partial charge in [-0.05, 0) is 37.4 Å². The molecule has 2 aromatic rings. The fourth-order valence-corrected chi connectivity index (χ4v) is 3.47. The average molecular weight is 258 g/mol. The Kier molecular flexibility index (Phi) is 3.72. The molecule has 3 heteroatoms. The van der Waals surface area contributed by atoms with E-state index in [-0.39, 0.29) is 0 Å². The molecule has 0 spiro atoms. The lowest BCUT2D eigenvalue weighted by Crippen LogP contribution is -2.36. The van der Waals surface area contributed by atoms with Crippen molar-refractivity contribution in [3.63, 3.8) is 0 Å². The topological polar surface area (TPSA) is 24.9 Å². The van der Waals surface area contributed by atoms with Crippen molar-refractivity contribution >= 4 is 11.3 Å². The van der Waals surface area contributed by atoms with Crippen LogP contribution < -0.4 is 5.32 Å². The van der Waals surface area contributed by atoms with Gasteiger partial charge in [0.1, 0.15) is 0 Å². The molecule has 3 rings (SSSR count). The molecule has 0 bridgehead atoms. The average Bonchev–Trinajstić information content (AvgIpc) is 2.94. The first kappa shape index (κ1) is 11.9. The van der Waals surface area contributed by atoms with Gasteiger partial charge in [-0.1, -0.05) is 30.3 Å². The van der Waals surface area contributed by atoms with Crippen molar-refractivity contribution in [2.45, 2.75) is 18.8 Å². The van der Waals surface area contributed by atoms with Crippen molar-refractivity contribution in [1.29, 1.82) is 0 Å². The number of rotatable bonds is 3. The smallest absolute Gasteiger partial charge is 0.0794 e. The first-order chi connectivity index (χ1) is 8.93. The third-order valence-corrected chi connectivity index (χ3v) is 4.38. The minimum Gasteiger partial charge on any atom is -0.316 e. The summed E-state index contributed by atoms with van der Waals surface area (Å²) >= 11 is 1.71. The summed E-state index contributed by atoms with van der Waals surface area (Å²) in [4.78, 5) is 4.52. The highest BCUT2D eigenvalue weighted by Gasteiger charge is 2.27. The zero-order valence-electron chi connectivity index (χ0n) is 10.4. The van der Waals surface area contributed by atoms with Gasteiger partial charge in [0.05, 0.1) is 11.2 Å². The standard InChI is InChI=1S/C15H18N2S/c1-2-4-12(5-3-1)8-13-9-16-7-6-14(13)15-10-18-11-17-15/h1-5,10-11,13-14,16H,6-9H2. The minimum atomic E-state index is 0.623. The Bertz CT molecular complexity index is 467. The highest BCUT2D eigenvalue weighted by molar-refractivity contribution is 7.07. The lowest BCUT2D eigenvalue weighted by atomic mass is 9.80. The summed E-state index contributed by atoms with van der Waals surface area (Å²) in [6.07, 6.45) is 2.36. The zero-order chi connectivity index (χ0) is 12.2. The van der Waals surface area contributed by atoms with Crippen LogP contribution in [0, 0.1) is 5.92 Å². The van der Waals surface area contributed by atoms with Crippen LogP contribution in [0.15, 0.2) is 41.2 Å². The van der Waals surface area contributed by atoms with Gasteiger partial charge in [-0.2, -0.15) is 0 Å². The van der Waals surface area contributed by atoms with Crippen molar-refractivity contribution < 1.29 is 0 Å². The van der Waals surface area contributed by atoms with E-state index in [2.05, 4.69) is 46.0 Å². The van der Waals surface area contributed by atoms with E-state index in [0.29, 0.717) is 11.8 Å². The van der Waals surface area contributed by atoms with Gasteiger partial charge in [0.15, 0.2) is 0 Å². The molecule has 0 aliphatic carbocycles. The van der Waals surface area contributed by atoms with E-state index in [1.54, 1.807) is 11.3 Å². The van der Waals surface area contributed by atoms with Crippen LogP contribution in [0.2, 0.25) is 0 Å². The second-order valence-electron chi connectivity index (χ2n) is 4.96. The van der Waals surface area contributed by atoms with Gasteiger partial charge in [-0.25, -0.2) is 4.98 Å². The fraction of sp³-hybridized carbons (Fsp3) is 0.400. The van der Waals surface area contributed by atoms with Crippen LogP contribution >= 0.6 is 11.3 Å². The van der Waals surface area contributed by atoms with E-state index in [4.69, 9.17) is 0 Å². The third-order valence-electron chi connectivity index (χ3n) is 3.78. The molecule has 18 heavy (non-hydrogen) atoms. The van der Waals surface area contributed by atoms with Gasteiger partial charge in [-0.3, -0.25) is 0 Å². The first-order valence-electron chi connectivity index (χ1n) is 6.56.